The minimum Gasteiger partial charge on any atom is -0.481 e. The summed E-state index contributed by atoms with van der Waals surface area (Å²) in [5.41, 5.74) is -0.346. The van der Waals surface area contributed by atoms with E-state index >= 15 is 0 Å². The summed E-state index contributed by atoms with van der Waals surface area (Å²) < 4.78 is 39.1. The van der Waals surface area contributed by atoms with Crippen molar-refractivity contribution in [1.29, 1.82) is 0 Å². The molecule has 0 spiro atoms. The van der Waals surface area contributed by atoms with Crippen LogP contribution in [0.4, 0.5) is 13.2 Å². The van der Waals surface area contributed by atoms with Crippen LogP contribution in [0.15, 0.2) is 30.5 Å². The van der Waals surface area contributed by atoms with Gasteiger partial charge in [-0.1, -0.05) is 6.07 Å². The van der Waals surface area contributed by atoms with E-state index in [2.05, 4.69) is 10.3 Å². The monoisotopic (exact) mass is 380 g/mol. The van der Waals surface area contributed by atoms with Crippen LogP contribution in [0.25, 0.3) is 11.1 Å². The van der Waals surface area contributed by atoms with Crippen molar-refractivity contribution >= 4 is 18.2 Å². The van der Waals surface area contributed by atoms with Gasteiger partial charge in [0.2, 0.25) is 0 Å². The van der Waals surface area contributed by atoms with Crippen molar-refractivity contribution in [2.24, 2.45) is 0 Å². The van der Waals surface area contributed by atoms with Crippen LogP contribution in [0.1, 0.15) is 38.4 Å². The molecule has 0 bridgehead atoms. The minimum absolute atomic E-state index is 0.0273. The Balaban J connectivity index is 2.33. The maximum Gasteiger partial charge on any atom is 0.416 e. The lowest BCUT2D eigenvalue weighted by molar-refractivity contribution is -0.138. The van der Waals surface area contributed by atoms with Crippen LogP contribution in [0.2, 0.25) is 0 Å². The predicted octanol–water partition coefficient (Wildman–Crippen LogP) is 3.09. The first-order chi connectivity index (χ1) is 12.6. The number of carbonyl (C=O) groups is 3. The van der Waals surface area contributed by atoms with Gasteiger partial charge in [0.15, 0.2) is 6.29 Å². The Kier molecular flexibility index (Phi) is 5.94. The molecule has 0 atom stereocenters. The zero-order valence-electron chi connectivity index (χ0n) is 14.1. The number of carboxylic acid groups (broad SMARTS) is 1. The number of aldehydes is 1. The van der Waals surface area contributed by atoms with Gasteiger partial charge in [0.1, 0.15) is 5.69 Å². The summed E-state index contributed by atoms with van der Waals surface area (Å²) in [6, 6.07) is 4.42. The highest BCUT2D eigenvalue weighted by Gasteiger charge is 2.32. The number of pyridine rings is 1. The highest BCUT2D eigenvalue weighted by molar-refractivity contribution is 5.93. The summed E-state index contributed by atoms with van der Waals surface area (Å²) >= 11 is 0. The standard InChI is InChI=1S/C18H15F3N2O4/c1-10-6-12(18(19,20)21)7-13(14(10)9-24)11-2-3-15(23-8-11)17(27)22-5-4-16(25)26/h2-3,6-9H,4-5H2,1H3,(H,22,27)(H,25,26). The average molecular weight is 380 g/mol. The molecule has 1 aromatic carbocycles. The molecular weight excluding hydrogens is 365 g/mol. The number of benzene rings is 1. The first-order valence-electron chi connectivity index (χ1n) is 7.77. The highest BCUT2D eigenvalue weighted by Crippen LogP contribution is 2.35. The Bertz CT molecular complexity index is 877. The van der Waals surface area contributed by atoms with Crippen molar-refractivity contribution in [2.45, 2.75) is 19.5 Å². The van der Waals surface area contributed by atoms with Gasteiger partial charge in [0.25, 0.3) is 5.91 Å². The van der Waals surface area contributed by atoms with E-state index in [-0.39, 0.29) is 40.9 Å². The van der Waals surface area contributed by atoms with Crippen LogP contribution in [-0.4, -0.2) is 34.8 Å². The number of halogens is 3. The number of alkyl halides is 3. The second-order valence-electron chi connectivity index (χ2n) is 5.70. The van der Waals surface area contributed by atoms with Crippen molar-refractivity contribution < 1.29 is 32.7 Å². The molecule has 0 unspecified atom stereocenters. The molecule has 1 amide bonds. The minimum atomic E-state index is -4.57. The molecule has 0 aliphatic heterocycles. The Labute approximate surface area is 152 Å². The summed E-state index contributed by atoms with van der Waals surface area (Å²) in [4.78, 5) is 37.5. The van der Waals surface area contributed by atoms with Crippen LogP contribution < -0.4 is 5.32 Å². The summed E-state index contributed by atoms with van der Waals surface area (Å²) in [6.07, 6.45) is -3.17. The van der Waals surface area contributed by atoms with Gasteiger partial charge in [-0.3, -0.25) is 19.4 Å². The number of rotatable bonds is 6. The van der Waals surface area contributed by atoms with Crippen LogP contribution >= 0.6 is 0 Å². The van der Waals surface area contributed by atoms with Crippen LogP contribution in [-0.2, 0) is 11.0 Å². The second kappa shape index (κ2) is 7.98. The number of nitrogens with zero attached hydrogens (tertiary/aromatic N) is 1. The van der Waals surface area contributed by atoms with Gasteiger partial charge in [-0.25, -0.2) is 0 Å². The largest absolute Gasteiger partial charge is 0.481 e. The van der Waals surface area contributed by atoms with Gasteiger partial charge in [-0.2, -0.15) is 13.2 Å². The zero-order chi connectivity index (χ0) is 20.2. The molecule has 0 saturated heterocycles. The first-order valence-corrected chi connectivity index (χ1v) is 7.77. The van der Waals surface area contributed by atoms with Crippen LogP contribution in [0.3, 0.4) is 0 Å². The maximum atomic E-state index is 13.0. The molecule has 0 aliphatic rings. The van der Waals surface area contributed by atoms with E-state index in [1.165, 1.54) is 25.3 Å². The fourth-order valence-corrected chi connectivity index (χ4v) is 2.42. The molecule has 9 heteroatoms. The Morgan fingerprint density at radius 2 is 1.96 bits per heavy atom. The van der Waals surface area contributed by atoms with Gasteiger partial charge in [-0.15, -0.1) is 0 Å². The summed E-state index contributed by atoms with van der Waals surface area (Å²) in [5.74, 6) is -1.68. The third-order valence-electron chi connectivity index (χ3n) is 3.76. The van der Waals surface area contributed by atoms with Crippen molar-refractivity contribution in [3.05, 3.63) is 52.8 Å². The summed E-state index contributed by atoms with van der Waals surface area (Å²) in [7, 11) is 0. The normalized spacial score (nSPS) is 11.1. The number of aliphatic carboxylic acids is 1. The molecule has 0 radical (unpaired) electrons. The molecule has 2 aromatic rings. The van der Waals surface area contributed by atoms with Gasteiger partial charge in [-0.05, 0) is 36.2 Å². The van der Waals surface area contributed by atoms with E-state index in [0.717, 1.165) is 12.1 Å². The molecule has 1 heterocycles. The molecular formula is C18H15F3N2O4. The second-order valence-corrected chi connectivity index (χ2v) is 5.70. The Morgan fingerprint density at radius 1 is 1.26 bits per heavy atom. The lowest BCUT2D eigenvalue weighted by atomic mass is 9.94. The number of aryl methyl sites for hydroxylation is 1. The molecule has 6 nitrogen and oxygen atoms in total. The van der Waals surface area contributed by atoms with Crippen LogP contribution in [0.5, 0.6) is 0 Å². The van der Waals surface area contributed by atoms with E-state index in [1.807, 2.05) is 0 Å². The number of hydrogen-bond donors (Lipinski definition) is 2. The zero-order valence-corrected chi connectivity index (χ0v) is 14.1. The van der Waals surface area contributed by atoms with E-state index in [9.17, 15) is 27.6 Å². The fourth-order valence-electron chi connectivity index (χ4n) is 2.42. The van der Waals surface area contributed by atoms with E-state index in [1.54, 1.807) is 0 Å². The lowest BCUT2D eigenvalue weighted by Gasteiger charge is -2.14. The quantitative estimate of drug-likeness (QED) is 0.751. The van der Waals surface area contributed by atoms with Gasteiger partial charge < -0.3 is 10.4 Å². The number of carboxylic acids is 1. The Hall–Kier alpha value is -3.23. The van der Waals surface area contributed by atoms with Gasteiger partial charge >= 0.3 is 12.1 Å². The van der Waals surface area contributed by atoms with E-state index in [0.29, 0.717) is 6.29 Å². The molecule has 0 saturated carbocycles. The fraction of sp³-hybridized carbons (Fsp3) is 0.222. The molecule has 142 valence electrons. The number of nitrogens with one attached hydrogen (secondary N) is 1. The predicted molar refractivity (Wildman–Crippen MR) is 89.4 cm³/mol. The van der Waals surface area contributed by atoms with Gasteiger partial charge in [0.05, 0.1) is 12.0 Å². The lowest BCUT2D eigenvalue weighted by Crippen LogP contribution is -2.26. The molecule has 1 aromatic heterocycles. The van der Waals surface area contributed by atoms with Crippen molar-refractivity contribution in [3.8, 4) is 11.1 Å². The Morgan fingerprint density at radius 3 is 2.48 bits per heavy atom. The molecule has 2 N–H and O–H groups in total. The van der Waals surface area contributed by atoms with Crippen molar-refractivity contribution in [1.82, 2.24) is 10.3 Å². The number of amides is 1. The topological polar surface area (TPSA) is 96.4 Å². The molecule has 27 heavy (non-hydrogen) atoms. The van der Waals surface area contributed by atoms with E-state index < -0.39 is 23.6 Å². The third-order valence-corrected chi connectivity index (χ3v) is 3.76. The highest BCUT2D eigenvalue weighted by atomic mass is 19.4. The van der Waals surface area contributed by atoms with Crippen LogP contribution in [0, 0.1) is 6.92 Å². The van der Waals surface area contributed by atoms with Gasteiger partial charge in [0, 0.05) is 23.9 Å². The van der Waals surface area contributed by atoms with Crippen molar-refractivity contribution in [2.75, 3.05) is 6.54 Å². The molecule has 2 rings (SSSR count). The average Bonchev–Trinajstić information content (AvgIpc) is 2.60. The van der Waals surface area contributed by atoms with Crippen molar-refractivity contribution in [3.63, 3.8) is 0 Å². The first kappa shape index (κ1) is 20.1. The molecule has 0 fully saturated rings. The third kappa shape index (κ3) is 4.90. The summed E-state index contributed by atoms with van der Waals surface area (Å²) in [5, 5.41) is 10.9. The number of carbonyl (C=O) groups excluding carboxylic acids is 2. The SMILES string of the molecule is Cc1cc(C(F)(F)F)cc(-c2ccc(C(=O)NCCC(=O)O)nc2)c1C=O. The maximum absolute atomic E-state index is 13.0. The molecule has 0 aliphatic carbocycles. The van der Waals surface area contributed by atoms with E-state index in [4.69, 9.17) is 5.11 Å². The number of hydrogen-bond acceptors (Lipinski definition) is 4. The summed E-state index contributed by atoms with van der Waals surface area (Å²) in [6.45, 7) is 1.32. The smallest absolute Gasteiger partial charge is 0.416 e. The number of aromatic nitrogens is 1.